The van der Waals surface area contributed by atoms with E-state index in [4.69, 9.17) is 5.21 Å². The monoisotopic (exact) mass is 462 g/mol. The number of fused-ring (bicyclic) bond motifs is 3. The number of benzene rings is 2. The number of aromatic nitrogens is 1. The summed E-state index contributed by atoms with van der Waals surface area (Å²) < 4.78 is 2.29. The molecule has 1 aliphatic heterocycles. The number of nitrogens with one attached hydrogen (secondary N) is 1. The highest BCUT2D eigenvalue weighted by Crippen LogP contribution is 2.39. The van der Waals surface area contributed by atoms with Crippen LogP contribution in [-0.4, -0.2) is 63.9 Å². The molecule has 0 aliphatic carbocycles. The molecular formula is C26H30N4O4. The summed E-state index contributed by atoms with van der Waals surface area (Å²) in [6.07, 6.45) is 1.36. The number of aldehydes is 1. The summed E-state index contributed by atoms with van der Waals surface area (Å²) in [4.78, 5) is 39.8. The third-order valence-corrected chi connectivity index (χ3v) is 6.95. The molecule has 2 unspecified atom stereocenters. The lowest BCUT2D eigenvalue weighted by Gasteiger charge is -2.39. The molecule has 0 fully saturated rings. The Labute approximate surface area is 198 Å². The van der Waals surface area contributed by atoms with Crippen LogP contribution in [0, 0.1) is 0 Å². The number of likely N-dealkylation sites (N-methyl/N-ethyl adjacent to an activating group) is 2. The lowest BCUT2D eigenvalue weighted by Crippen LogP contribution is -2.51. The van der Waals surface area contributed by atoms with Gasteiger partial charge in [0.15, 0.2) is 0 Å². The Hall–Kier alpha value is -3.49. The lowest BCUT2D eigenvalue weighted by atomic mass is 9.92. The molecular weight excluding hydrogens is 432 g/mol. The summed E-state index contributed by atoms with van der Waals surface area (Å²) in [5.74, 6) is -0.568. The zero-order chi connectivity index (χ0) is 24.4. The molecule has 8 heteroatoms. The predicted octanol–water partition coefficient (Wildman–Crippen LogP) is 2.77. The number of nitrogens with zero attached hydrogens (tertiary/aromatic N) is 3. The van der Waals surface area contributed by atoms with Crippen LogP contribution >= 0.6 is 0 Å². The summed E-state index contributed by atoms with van der Waals surface area (Å²) >= 11 is 0. The van der Waals surface area contributed by atoms with E-state index >= 15 is 0 Å². The Morgan fingerprint density at radius 3 is 2.53 bits per heavy atom. The minimum atomic E-state index is -0.544. The van der Waals surface area contributed by atoms with E-state index in [9.17, 15) is 14.4 Å². The number of carbonyl (C=O) groups is 3. The number of rotatable bonds is 7. The first-order valence-corrected chi connectivity index (χ1v) is 11.5. The van der Waals surface area contributed by atoms with E-state index in [1.165, 1.54) is 5.69 Å². The highest BCUT2D eigenvalue weighted by molar-refractivity contribution is 5.93. The van der Waals surface area contributed by atoms with E-state index < -0.39 is 5.91 Å². The van der Waals surface area contributed by atoms with Gasteiger partial charge in [-0.05, 0) is 56.6 Å². The van der Waals surface area contributed by atoms with Gasteiger partial charge in [-0.25, -0.2) is 5.48 Å². The summed E-state index contributed by atoms with van der Waals surface area (Å²) in [7, 11) is 1.97. The first kappa shape index (κ1) is 23.7. The highest BCUT2D eigenvalue weighted by atomic mass is 16.5. The molecule has 8 nitrogen and oxygen atoms in total. The Morgan fingerprint density at radius 1 is 1.18 bits per heavy atom. The van der Waals surface area contributed by atoms with Gasteiger partial charge in [0, 0.05) is 41.3 Å². The molecule has 1 aliphatic rings. The van der Waals surface area contributed by atoms with E-state index in [1.54, 1.807) is 22.5 Å². The second-order valence-electron chi connectivity index (χ2n) is 8.71. The zero-order valence-corrected chi connectivity index (χ0v) is 19.7. The Kier molecular flexibility index (Phi) is 6.81. The first-order valence-electron chi connectivity index (χ1n) is 11.5. The van der Waals surface area contributed by atoms with Crippen molar-refractivity contribution < 1.29 is 19.6 Å². The standard InChI is InChI=1S/C26H30N4O4/c1-4-29(13-14-31)26(33)23-15-21-20-7-5-6-8-22(20)30(24(21)17(2)28(23)3)16-18-9-11-19(12-10-18)25(32)27-34/h5-12,14,17,23,34H,4,13,15-16H2,1-3H3,(H,27,32). The smallest absolute Gasteiger partial charge is 0.274 e. The van der Waals surface area contributed by atoms with Gasteiger partial charge >= 0.3 is 0 Å². The minimum Gasteiger partial charge on any atom is -0.338 e. The van der Waals surface area contributed by atoms with E-state index in [0.717, 1.165) is 28.3 Å². The van der Waals surface area contributed by atoms with Crippen molar-refractivity contribution in [2.45, 2.75) is 38.9 Å². The second kappa shape index (κ2) is 9.79. The molecule has 1 aromatic heterocycles. The number of hydrogen-bond acceptors (Lipinski definition) is 5. The van der Waals surface area contributed by atoms with Crippen molar-refractivity contribution in [2.24, 2.45) is 0 Å². The van der Waals surface area contributed by atoms with Gasteiger partial charge < -0.3 is 14.3 Å². The maximum absolute atomic E-state index is 13.3. The number of carbonyl (C=O) groups excluding carboxylic acids is 3. The van der Waals surface area contributed by atoms with E-state index in [-0.39, 0.29) is 24.5 Å². The van der Waals surface area contributed by atoms with Crippen molar-refractivity contribution in [3.05, 3.63) is 70.9 Å². The average molecular weight is 463 g/mol. The van der Waals surface area contributed by atoms with Gasteiger partial charge in [-0.1, -0.05) is 30.3 Å². The third kappa shape index (κ3) is 4.10. The van der Waals surface area contributed by atoms with Crippen LogP contribution in [0.4, 0.5) is 0 Å². The molecule has 2 amide bonds. The summed E-state index contributed by atoms with van der Waals surface area (Å²) in [5, 5.41) is 9.99. The molecule has 0 radical (unpaired) electrons. The molecule has 178 valence electrons. The third-order valence-electron chi connectivity index (χ3n) is 6.95. The van der Waals surface area contributed by atoms with Crippen molar-refractivity contribution >= 4 is 29.0 Å². The van der Waals surface area contributed by atoms with Crippen molar-refractivity contribution in [3.8, 4) is 0 Å². The molecule has 0 spiro atoms. The van der Waals surface area contributed by atoms with Crippen LogP contribution in [-0.2, 0) is 22.6 Å². The van der Waals surface area contributed by atoms with Crippen LogP contribution in [0.1, 0.15) is 47.1 Å². The van der Waals surface area contributed by atoms with Gasteiger partial charge in [0.1, 0.15) is 6.29 Å². The minimum absolute atomic E-state index is 0.0144. The average Bonchev–Trinajstić information content (AvgIpc) is 3.17. The maximum atomic E-state index is 13.3. The van der Waals surface area contributed by atoms with Crippen molar-refractivity contribution in [1.29, 1.82) is 0 Å². The molecule has 2 N–H and O–H groups in total. The summed E-state index contributed by atoms with van der Waals surface area (Å²) in [6, 6.07) is 15.0. The van der Waals surface area contributed by atoms with Gasteiger partial charge in [-0.15, -0.1) is 0 Å². The van der Waals surface area contributed by atoms with Crippen molar-refractivity contribution in [3.63, 3.8) is 0 Å². The van der Waals surface area contributed by atoms with E-state index in [1.807, 2.05) is 38.2 Å². The molecule has 2 atom stereocenters. The van der Waals surface area contributed by atoms with Crippen LogP contribution in [0.5, 0.6) is 0 Å². The van der Waals surface area contributed by atoms with Crippen LogP contribution in [0.3, 0.4) is 0 Å². The summed E-state index contributed by atoms with van der Waals surface area (Å²) in [6.45, 7) is 5.21. The normalized spacial score (nSPS) is 17.9. The topological polar surface area (TPSA) is 94.9 Å². The van der Waals surface area contributed by atoms with Crippen LogP contribution in [0.15, 0.2) is 48.5 Å². The fourth-order valence-corrected chi connectivity index (χ4v) is 5.00. The second-order valence-corrected chi connectivity index (χ2v) is 8.71. The van der Waals surface area contributed by atoms with Crippen LogP contribution < -0.4 is 5.48 Å². The zero-order valence-electron chi connectivity index (χ0n) is 19.7. The maximum Gasteiger partial charge on any atom is 0.274 e. The molecule has 2 aromatic carbocycles. The fourth-order valence-electron chi connectivity index (χ4n) is 5.00. The molecule has 3 aromatic rings. The van der Waals surface area contributed by atoms with Crippen molar-refractivity contribution in [2.75, 3.05) is 20.1 Å². The van der Waals surface area contributed by atoms with Gasteiger partial charge in [-0.3, -0.25) is 19.7 Å². The molecule has 34 heavy (non-hydrogen) atoms. The molecule has 0 saturated carbocycles. The van der Waals surface area contributed by atoms with E-state index in [0.29, 0.717) is 25.1 Å². The van der Waals surface area contributed by atoms with Gasteiger partial charge in [0.05, 0.1) is 12.6 Å². The Morgan fingerprint density at radius 2 is 1.88 bits per heavy atom. The number of amides is 2. The number of para-hydroxylation sites is 1. The summed E-state index contributed by atoms with van der Waals surface area (Å²) in [5.41, 5.74) is 6.49. The largest absolute Gasteiger partial charge is 0.338 e. The Balaban J connectivity index is 1.74. The van der Waals surface area contributed by atoms with Crippen LogP contribution in [0.2, 0.25) is 0 Å². The molecule has 4 rings (SSSR count). The predicted molar refractivity (Wildman–Crippen MR) is 129 cm³/mol. The Bertz CT molecular complexity index is 1220. The molecule has 0 bridgehead atoms. The first-order chi connectivity index (χ1) is 16.4. The SMILES string of the molecule is CCN(CC=O)C(=O)C1Cc2c(n(Cc3ccc(C(=O)NO)cc3)c3ccccc23)C(C)N1C. The fraction of sp³-hybridized carbons (Fsp3) is 0.346. The molecule has 2 heterocycles. The van der Waals surface area contributed by atoms with Gasteiger partial charge in [0.25, 0.3) is 5.91 Å². The van der Waals surface area contributed by atoms with E-state index in [2.05, 4.69) is 28.5 Å². The van der Waals surface area contributed by atoms with Crippen LogP contribution in [0.25, 0.3) is 10.9 Å². The van der Waals surface area contributed by atoms with Crippen molar-refractivity contribution in [1.82, 2.24) is 19.8 Å². The van der Waals surface area contributed by atoms with Gasteiger partial charge in [0.2, 0.25) is 5.91 Å². The molecule has 0 saturated heterocycles. The lowest BCUT2D eigenvalue weighted by molar-refractivity contribution is -0.139. The van der Waals surface area contributed by atoms with Gasteiger partial charge in [-0.2, -0.15) is 0 Å². The number of hydrogen-bond donors (Lipinski definition) is 2. The number of hydroxylamine groups is 1. The highest BCUT2D eigenvalue weighted by Gasteiger charge is 2.38. The quantitative estimate of drug-likeness (QED) is 0.320.